The van der Waals surface area contributed by atoms with Gasteiger partial charge in [0, 0.05) is 10.8 Å². The van der Waals surface area contributed by atoms with Gasteiger partial charge in [-0.3, -0.25) is 0 Å². The van der Waals surface area contributed by atoms with Crippen LogP contribution in [-0.4, -0.2) is 63.7 Å². The Balaban J connectivity index is 0.000000267. The van der Waals surface area contributed by atoms with Gasteiger partial charge in [-0.05, 0) is 59.7 Å². The third kappa shape index (κ3) is 9.25. The largest absolute Gasteiger partial charge is 2.00 e. The Bertz CT molecular complexity index is 1470. The second kappa shape index (κ2) is 15.5. The average molecular weight is 595 g/mol. The maximum atomic E-state index is 11.4. The summed E-state index contributed by atoms with van der Waals surface area (Å²) < 4.78 is 68.2. The van der Waals surface area contributed by atoms with Crippen LogP contribution in [0.4, 0.5) is 0 Å². The van der Waals surface area contributed by atoms with Crippen LogP contribution in [0.1, 0.15) is 63.5 Å². The van der Waals surface area contributed by atoms with Gasteiger partial charge < -0.3 is 9.11 Å². The van der Waals surface area contributed by atoms with Gasteiger partial charge in [0.15, 0.2) is 0 Å². The first-order valence-corrected chi connectivity index (χ1v) is 15.8. The maximum absolute atomic E-state index is 11.4. The van der Waals surface area contributed by atoms with Crippen molar-refractivity contribution in [1.29, 1.82) is 0 Å². The summed E-state index contributed by atoms with van der Waals surface area (Å²) in [5.74, 6) is 0. The van der Waals surface area contributed by atoms with E-state index in [1.54, 1.807) is 12.1 Å². The molecule has 6 nitrogen and oxygen atoms in total. The number of hydrogen-bond donors (Lipinski definition) is 0. The van der Waals surface area contributed by atoms with Crippen LogP contribution in [0.2, 0.25) is 0 Å². The third-order valence-electron chi connectivity index (χ3n) is 6.54. The van der Waals surface area contributed by atoms with Crippen LogP contribution < -0.4 is 0 Å². The van der Waals surface area contributed by atoms with Crippen LogP contribution in [0.3, 0.4) is 0 Å². The zero-order valence-electron chi connectivity index (χ0n) is 22.6. The van der Waals surface area contributed by atoms with Crippen LogP contribution in [0.5, 0.6) is 0 Å². The fraction of sp³-hybridized carbons (Fsp3) is 0.333. The van der Waals surface area contributed by atoms with Gasteiger partial charge in [-0.25, -0.2) is 16.8 Å². The van der Waals surface area contributed by atoms with Crippen molar-refractivity contribution in [3.63, 3.8) is 0 Å². The summed E-state index contributed by atoms with van der Waals surface area (Å²) in [6.07, 6.45) is 8.03. The van der Waals surface area contributed by atoms with Crippen LogP contribution in [-0.2, 0) is 33.1 Å². The minimum absolute atomic E-state index is 0. The Morgan fingerprint density at radius 3 is 1.18 bits per heavy atom. The van der Waals surface area contributed by atoms with E-state index >= 15 is 0 Å². The van der Waals surface area contributed by atoms with Gasteiger partial charge in [-0.1, -0.05) is 100 Å². The average Bonchev–Trinajstić information content (AvgIpc) is 2.88. The quantitative estimate of drug-likeness (QED) is 0.116. The topological polar surface area (TPSA) is 114 Å². The van der Waals surface area contributed by atoms with Crippen molar-refractivity contribution < 1.29 is 25.9 Å². The minimum Gasteiger partial charge on any atom is -0.744 e. The predicted octanol–water partition coefficient (Wildman–Crippen LogP) is 6.57. The molecule has 0 N–H and O–H groups in total. The molecule has 0 amide bonds. The molecule has 0 heterocycles. The Morgan fingerprint density at radius 2 is 0.872 bits per heavy atom. The Labute approximate surface area is 262 Å². The summed E-state index contributed by atoms with van der Waals surface area (Å²) in [4.78, 5) is -0.200. The van der Waals surface area contributed by atoms with Crippen LogP contribution in [0, 0.1) is 0 Å². The molecule has 0 aliphatic rings. The van der Waals surface area contributed by atoms with Crippen molar-refractivity contribution in [2.75, 3.05) is 0 Å². The second-order valence-corrected chi connectivity index (χ2v) is 12.1. The monoisotopic (exact) mass is 594 g/mol. The van der Waals surface area contributed by atoms with Gasteiger partial charge in [0.1, 0.15) is 20.2 Å². The van der Waals surface area contributed by atoms with Crippen molar-refractivity contribution >= 4 is 79.5 Å². The Morgan fingerprint density at radius 1 is 0.538 bits per heavy atom. The molecular formula is C30H34CaO6S2. The molecule has 9 heteroatoms. The summed E-state index contributed by atoms with van der Waals surface area (Å²) in [6.45, 7) is 4.24. The van der Waals surface area contributed by atoms with E-state index in [0.29, 0.717) is 10.8 Å². The number of hydrogen-bond acceptors (Lipinski definition) is 6. The fourth-order valence-corrected chi connectivity index (χ4v) is 6.22. The molecule has 4 aromatic carbocycles. The van der Waals surface area contributed by atoms with E-state index in [9.17, 15) is 25.9 Å². The molecule has 4 aromatic rings. The third-order valence-corrected chi connectivity index (χ3v) is 8.30. The minimum atomic E-state index is -4.43. The van der Waals surface area contributed by atoms with E-state index in [0.717, 1.165) is 73.3 Å². The van der Waals surface area contributed by atoms with Crippen molar-refractivity contribution in [1.82, 2.24) is 0 Å². The number of fused-ring (bicyclic) bond motifs is 2. The van der Waals surface area contributed by atoms with E-state index < -0.39 is 20.2 Å². The molecule has 0 saturated heterocycles. The Kier molecular flexibility index (Phi) is 13.4. The zero-order valence-corrected chi connectivity index (χ0v) is 26.4. The zero-order chi connectivity index (χ0) is 27.8. The van der Waals surface area contributed by atoms with E-state index in [1.165, 1.54) is 12.1 Å². The number of benzene rings is 4. The number of aryl methyl sites for hydroxylation is 2. The molecule has 0 spiro atoms. The molecule has 0 radical (unpaired) electrons. The molecule has 204 valence electrons. The molecule has 0 aliphatic carbocycles. The van der Waals surface area contributed by atoms with Crippen molar-refractivity contribution in [2.45, 2.75) is 75.0 Å². The summed E-state index contributed by atoms with van der Waals surface area (Å²) in [6, 6.07) is 21.0. The van der Waals surface area contributed by atoms with Crippen molar-refractivity contribution in [2.24, 2.45) is 0 Å². The molecule has 0 aliphatic heterocycles. The molecule has 0 aromatic heterocycles. The normalized spacial score (nSPS) is 11.6. The molecule has 4 rings (SSSR count). The van der Waals surface area contributed by atoms with E-state index in [4.69, 9.17) is 0 Å². The van der Waals surface area contributed by atoms with Gasteiger partial charge in [0.05, 0.1) is 9.79 Å². The summed E-state index contributed by atoms with van der Waals surface area (Å²) in [5.41, 5.74) is 1.89. The smallest absolute Gasteiger partial charge is 0.744 e. The van der Waals surface area contributed by atoms with Gasteiger partial charge in [0.2, 0.25) is 0 Å². The van der Waals surface area contributed by atoms with Crippen molar-refractivity contribution in [3.05, 3.63) is 83.9 Å². The SMILES string of the molecule is CCCCCc1cccc2cccc(S(=O)(=O)[O-])c12.CCCCCc1cccc2cccc(S(=O)(=O)[O-])c12.[Ca+2]. The molecule has 0 saturated carbocycles. The van der Waals surface area contributed by atoms with E-state index in [1.807, 2.05) is 48.5 Å². The van der Waals surface area contributed by atoms with E-state index in [2.05, 4.69) is 13.8 Å². The molecular weight excluding hydrogens is 561 g/mol. The molecule has 0 unspecified atom stereocenters. The van der Waals surface area contributed by atoms with Crippen LogP contribution in [0.15, 0.2) is 82.6 Å². The summed E-state index contributed by atoms with van der Waals surface area (Å²) in [5, 5.41) is 2.81. The Hall–Kier alpha value is -1.52. The first-order valence-electron chi connectivity index (χ1n) is 13.0. The van der Waals surface area contributed by atoms with E-state index in [-0.39, 0.29) is 47.5 Å². The predicted molar refractivity (Wildman–Crippen MR) is 156 cm³/mol. The first kappa shape index (κ1) is 33.7. The van der Waals surface area contributed by atoms with Gasteiger partial charge in [-0.2, -0.15) is 0 Å². The van der Waals surface area contributed by atoms with Gasteiger partial charge in [-0.15, -0.1) is 0 Å². The number of rotatable bonds is 10. The van der Waals surface area contributed by atoms with Crippen LogP contribution >= 0.6 is 0 Å². The second-order valence-electron chi connectivity index (χ2n) is 9.37. The van der Waals surface area contributed by atoms with Gasteiger partial charge in [0.25, 0.3) is 0 Å². The molecule has 0 fully saturated rings. The van der Waals surface area contributed by atoms with Gasteiger partial charge >= 0.3 is 37.7 Å². The first-order chi connectivity index (χ1) is 18.1. The fourth-order valence-electron chi connectivity index (χ4n) is 4.73. The molecule has 39 heavy (non-hydrogen) atoms. The molecule has 0 bridgehead atoms. The number of unbranched alkanes of at least 4 members (excludes halogenated alkanes) is 4. The van der Waals surface area contributed by atoms with Crippen molar-refractivity contribution in [3.8, 4) is 0 Å². The summed E-state index contributed by atoms with van der Waals surface area (Å²) in [7, 11) is -8.87. The maximum Gasteiger partial charge on any atom is 2.00 e. The standard InChI is InChI=1S/2C15H18O3S.Ca/c2*1-2-3-4-7-12-8-5-9-13-10-6-11-14(15(12)13)19(16,17)18;/h2*5-6,8-11H,2-4,7H2,1H3,(H,16,17,18);/q;;+2/p-2. The summed E-state index contributed by atoms with van der Waals surface area (Å²) >= 11 is 0. The molecule has 0 atom stereocenters. The van der Waals surface area contributed by atoms with Crippen LogP contribution in [0.25, 0.3) is 21.5 Å².